The fraction of sp³-hybridized carbons (Fsp3) is 0.467. The van der Waals surface area contributed by atoms with Crippen molar-refractivity contribution in [3.8, 4) is 0 Å². The zero-order chi connectivity index (χ0) is 14.9. The van der Waals surface area contributed by atoms with Crippen molar-refractivity contribution >= 4 is 11.6 Å². The molecular weight excluding hydrogens is 293 g/mol. The van der Waals surface area contributed by atoms with Crippen molar-refractivity contribution in [2.45, 2.75) is 31.6 Å². The molecule has 1 N–H and O–H groups in total. The first-order valence-corrected chi connectivity index (χ1v) is 7.42. The molecular formula is C15H17ClFN3O. The quantitative estimate of drug-likeness (QED) is 0.946. The van der Waals surface area contributed by atoms with Gasteiger partial charge in [0.05, 0.1) is 5.41 Å². The van der Waals surface area contributed by atoms with E-state index in [2.05, 4.69) is 22.4 Å². The molecule has 1 aliphatic heterocycles. The van der Waals surface area contributed by atoms with Gasteiger partial charge in [-0.25, -0.2) is 4.39 Å². The zero-order valence-electron chi connectivity index (χ0n) is 11.8. The molecule has 2 heterocycles. The van der Waals surface area contributed by atoms with Gasteiger partial charge in [0.25, 0.3) is 0 Å². The molecule has 1 aliphatic rings. The second-order valence-corrected chi connectivity index (χ2v) is 6.18. The summed E-state index contributed by atoms with van der Waals surface area (Å²) < 4.78 is 18.5. The van der Waals surface area contributed by atoms with Gasteiger partial charge in [-0.15, -0.1) is 0 Å². The van der Waals surface area contributed by atoms with Gasteiger partial charge >= 0.3 is 0 Å². The van der Waals surface area contributed by atoms with Crippen molar-refractivity contribution in [3.05, 3.63) is 46.3 Å². The van der Waals surface area contributed by atoms with Crippen LogP contribution in [0.3, 0.4) is 0 Å². The van der Waals surface area contributed by atoms with Crippen LogP contribution >= 0.6 is 11.6 Å². The Hall–Kier alpha value is -1.46. The summed E-state index contributed by atoms with van der Waals surface area (Å²) in [5.74, 6) is 0.881. The third-order valence-corrected chi connectivity index (χ3v) is 4.30. The van der Waals surface area contributed by atoms with Crippen LogP contribution in [0.4, 0.5) is 4.39 Å². The van der Waals surface area contributed by atoms with Gasteiger partial charge in [-0.05, 0) is 44.0 Å². The van der Waals surface area contributed by atoms with Crippen LogP contribution in [0.1, 0.15) is 37.0 Å². The molecule has 0 spiro atoms. The lowest BCUT2D eigenvalue weighted by molar-refractivity contribution is 0.245. The number of hydrogen-bond acceptors (Lipinski definition) is 4. The van der Waals surface area contributed by atoms with Gasteiger partial charge in [0, 0.05) is 18.0 Å². The van der Waals surface area contributed by atoms with E-state index in [0.717, 1.165) is 31.5 Å². The predicted molar refractivity (Wildman–Crippen MR) is 78.0 cm³/mol. The van der Waals surface area contributed by atoms with E-state index >= 15 is 0 Å². The van der Waals surface area contributed by atoms with Gasteiger partial charge in [-0.3, -0.25) is 0 Å². The van der Waals surface area contributed by atoms with Crippen molar-refractivity contribution in [2.75, 3.05) is 13.1 Å². The molecule has 0 aliphatic carbocycles. The summed E-state index contributed by atoms with van der Waals surface area (Å²) in [6.07, 6.45) is 2.56. The first-order chi connectivity index (χ1) is 10.1. The molecule has 6 heteroatoms. The maximum absolute atomic E-state index is 13.0. The number of hydrogen-bond donors (Lipinski definition) is 1. The highest BCUT2D eigenvalue weighted by molar-refractivity contribution is 6.31. The highest BCUT2D eigenvalue weighted by Crippen LogP contribution is 2.29. The van der Waals surface area contributed by atoms with E-state index in [0.29, 0.717) is 23.2 Å². The number of nitrogens with one attached hydrogen (secondary N) is 1. The van der Waals surface area contributed by atoms with Gasteiger partial charge in [0.1, 0.15) is 5.82 Å². The van der Waals surface area contributed by atoms with Crippen LogP contribution in [0.25, 0.3) is 0 Å². The first kappa shape index (κ1) is 14.5. The van der Waals surface area contributed by atoms with Crippen molar-refractivity contribution < 1.29 is 8.91 Å². The number of halogens is 2. The molecule has 2 aromatic rings. The lowest BCUT2D eigenvalue weighted by Crippen LogP contribution is -2.41. The van der Waals surface area contributed by atoms with Crippen molar-refractivity contribution in [1.29, 1.82) is 0 Å². The Balaban J connectivity index is 1.78. The Morgan fingerprint density at radius 3 is 3.05 bits per heavy atom. The van der Waals surface area contributed by atoms with Crippen LogP contribution in [0.15, 0.2) is 22.7 Å². The number of benzene rings is 1. The van der Waals surface area contributed by atoms with E-state index in [1.807, 2.05) is 0 Å². The Bertz CT molecular complexity index is 638. The summed E-state index contributed by atoms with van der Waals surface area (Å²) in [4.78, 5) is 4.49. The standard InChI is InChI=1S/C15H17ClFN3O/c1-15(5-2-6-18-9-15)14-19-13(20-21-14)7-10-3-4-11(17)8-12(10)16/h3-4,8,18H,2,5-7,9H2,1H3. The fourth-order valence-electron chi connectivity index (χ4n) is 2.65. The SMILES string of the molecule is CC1(c2nc(Cc3ccc(F)cc3Cl)no2)CCCNC1. The van der Waals surface area contributed by atoms with Crippen molar-refractivity contribution in [3.63, 3.8) is 0 Å². The second kappa shape index (κ2) is 5.73. The number of piperidine rings is 1. The minimum absolute atomic E-state index is 0.115. The molecule has 1 aromatic carbocycles. The maximum Gasteiger partial charge on any atom is 0.233 e. The molecule has 0 saturated carbocycles. The summed E-state index contributed by atoms with van der Waals surface area (Å²) in [7, 11) is 0. The summed E-state index contributed by atoms with van der Waals surface area (Å²) in [6, 6.07) is 4.33. The fourth-order valence-corrected chi connectivity index (χ4v) is 2.88. The number of nitrogens with zero attached hydrogens (tertiary/aromatic N) is 2. The van der Waals surface area contributed by atoms with E-state index in [4.69, 9.17) is 16.1 Å². The smallest absolute Gasteiger partial charge is 0.233 e. The topological polar surface area (TPSA) is 51.0 Å². The molecule has 0 radical (unpaired) electrons. The molecule has 21 heavy (non-hydrogen) atoms. The molecule has 4 nitrogen and oxygen atoms in total. The molecule has 0 amide bonds. The zero-order valence-corrected chi connectivity index (χ0v) is 12.6. The minimum Gasteiger partial charge on any atom is -0.339 e. The van der Waals surface area contributed by atoms with E-state index in [-0.39, 0.29) is 11.2 Å². The number of aromatic nitrogens is 2. The monoisotopic (exact) mass is 309 g/mol. The lowest BCUT2D eigenvalue weighted by atomic mass is 9.83. The van der Waals surface area contributed by atoms with Gasteiger partial charge in [-0.1, -0.05) is 22.8 Å². The summed E-state index contributed by atoms with van der Waals surface area (Å²) >= 11 is 6.03. The first-order valence-electron chi connectivity index (χ1n) is 7.04. The molecule has 3 rings (SSSR count). The van der Waals surface area contributed by atoms with Gasteiger partial charge in [0.2, 0.25) is 5.89 Å². The highest BCUT2D eigenvalue weighted by Gasteiger charge is 2.34. The molecule has 1 fully saturated rings. The van der Waals surface area contributed by atoms with E-state index < -0.39 is 0 Å². The Morgan fingerprint density at radius 1 is 1.48 bits per heavy atom. The van der Waals surface area contributed by atoms with Crippen LogP contribution in [-0.4, -0.2) is 23.2 Å². The van der Waals surface area contributed by atoms with Gasteiger partial charge in [0.15, 0.2) is 5.82 Å². The predicted octanol–water partition coefficient (Wildman–Crippen LogP) is 3.09. The molecule has 0 bridgehead atoms. The average Bonchev–Trinajstić information content (AvgIpc) is 2.92. The summed E-state index contributed by atoms with van der Waals surface area (Å²) in [5, 5.41) is 7.77. The van der Waals surface area contributed by atoms with Crippen LogP contribution in [-0.2, 0) is 11.8 Å². The average molecular weight is 310 g/mol. The van der Waals surface area contributed by atoms with E-state index in [1.54, 1.807) is 6.07 Å². The largest absolute Gasteiger partial charge is 0.339 e. The van der Waals surface area contributed by atoms with E-state index in [9.17, 15) is 4.39 Å². The van der Waals surface area contributed by atoms with Crippen molar-refractivity contribution in [1.82, 2.24) is 15.5 Å². The van der Waals surface area contributed by atoms with Gasteiger partial charge < -0.3 is 9.84 Å². The normalized spacial score (nSPS) is 22.4. The molecule has 112 valence electrons. The van der Waals surface area contributed by atoms with Crippen LogP contribution in [0, 0.1) is 5.82 Å². The minimum atomic E-state index is -0.349. The number of rotatable bonds is 3. The Kier molecular flexibility index (Phi) is 3.95. The Labute approximate surface area is 127 Å². The van der Waals surface area contributed by atoms with E-state index in [1.165, 1.54) is 12.1 Å². The molecule has 1 aromatic heterocycles. The Morgan fingerprint density at radius 2 is 2.33 bits per heavy atom. The third-order valence-electron chi connectivity index (χ3n) is 3.95. The molecule has 1 unspecified atom stereocenters. The lowest BCUT2D eigenvalue weighted by Gasteiger charge is -2.30. The summed E-state index contributed by atoms with van der Waals surface area (Å²) in [5.41, 5.74) is 0.674. The highest BCUT2D eigenvalue weighted by atomic mass is 35.5. The summed E-state index contributed by atoms with van der Waals surface area (Å²) in [6.45, 7) is 4.00. The van der Waals surface area contributed by atoms with Crippen molar-refractivity contribution in [2.24, 2.45) is 0 Å². The third kappa shape index (κ3) is 3.09. The maximum atomic E-state index is 13.0. The van der Waals surface area contributed by atoms with Crippen LogP contribution in [0.2, 0.25) is 5.02 Å². The van der Waals surface area contributed by atoms with Gasteiger partial charge in [-0.2, -0.15) is 4.98 Å². The molecule has 1 saturated heterocycles. The second-order valence-electron chi connectivity index (χ2n) is 5.77. The molecule has 1 atom stereocenters. The van der Waals surface area contributed by atoms with Crippen LogP contribution in [0.5, 0.6) is 0 Å². The van der Waals surface area contributed by atoms with Crippen LogP contribution < -0.4 is 5.32 Å².